The van der Waals surface area contributed by atoms with Crippen molar-refractivity contribution in [3.8, 4) is 0 Å². The summed E-state index contributed by atoms with van der Waals surface area (Å²) in [6, 6.07) is 12.1. The number of hydrogen-bond acceptors (Lipinski definition) is 3. The molecule has 1 spiro atoms. The van der Waals surface area contributed by atoms with Crippen LogP contribution in [0.25, 0.3) is 0 Å². The van der Waals surface area contributed by atoms with E-state index in [9.17, 15) is 4.79 Å². The number of carbonyl (C=O) groups excluding carboxylic acids is 1. The lowest BCUT2D eigenvalue weighted by atomic mass is 9.76. The molecule has 0 aliphatic carbocycles. The highest BCUT2D eigenvalue weighted by molar-refractivity contribution is 5.95. The molecule has 5 nitrogen and oxygen atoms in total. The quantitative estimate of drug-likeness (QED) is 0.924. The number of carbonyl (C=O) groups is 1. The first kappa shape index (κ1) is 15.1. The molecule has 2 aromatic rings. The summed E-state index contributed by atoms with van der Waals surface area (Å²) in [4.78, 5) is 18.7. The molecule has 2 aliphatic rings. The van der Waals surface area contributed by atoms with Gasteiger partial charge in [0.2, 0.25) is 0 Å². The summed E-state index contributed by atoms with van der Waals surface area (Å²) in [7, 11) is 0. The van der Waals surface area contributed by atoms with Crippen molar-refractivity contribution in [2.24, 2.45) is 0 Å². The van der Waals surface area contributed by atoms with E-state index < -0.39 is 0 Å². The Morgan fingerprint density at radius 2 is 2.04 bits per heavy atom. The van der Waals surface area contributed by atoms with Crippen molar-refractivity contribution < 1.29 is 9.53 Å². The van der Waals surface area contributed by atoms with Gasteiger partial charge in [0.15, 0.2) is 0 Å². The number of benzene rings is 1. The minimum absolute atomic E-state index is 0.0421. The van der Waals surface area contributed by atoms with E-state index in [4.69, 9.17) is 4.74 Å². The highest BCUT2D eigenvalue weighted by atomic mass is 16.5. The highest BCUT2D eigenvalue weighted by Gasteiger charge is 2.45. The van der Waals surface area contributed by atoms with E-state index in [2.05, 4.69) is 22.4 Å². The fraction of sp³-hybridized carbons (Fsp3) is 0.368. The first-order valence-corrected chi connectivity index (χ1v) is 8.40. The summed E-state index contributed by atoms with van der Waals surface area (Å²) in [5, 5.41) is 3.02. The number of pyridine rings is 1. The predicted molar refractivity (Wildman–Crippen MR) is 92.0 cm³/mol. The van der Waals surface area contributed by atoms with Crippen molar-refractivity contribution >= 4 is 11.7 Å². The van der Waals surface area contributed by atoms with Crippen molar-refractivity contribution in [1.82, 2.24) is 10.3 Å². The molecule has 0 bridgehead atoms. The van der Waals surface area contributed by atoms with Crippen LogP contribution in [0.5, 0.6) is 0 Å². The van der Waals surface area contributed by atoms with Crippen LogP contribution in [-0.4, -0.2) is 30.8 Å². The van der Waals surface area contributed by atoms with Gasteiger partial charge in [-0.05, 0) is 36.1 Å². The maximum absolute atomic E-state index is 12.8. The Hall–Kier alpha value is -2.40. The van der Waals surface area contributed by atoms with Crippen LogP contribution in [-0.2, 0) is 16.7 Å². The molecule has 2 aliphatic heterocycles. The van der Waals surface area contributed by atoms with Crippen LogP contribution in [0.4, 0.5) is 10.5 Å². The number of anilines is 1. The zero-order valence-electron chi connectivity index (χ0n) is 13.6. The van der Waals surface area contributed by atoms with E-state index in [0.717, 1.165) is 43.9 Å². The number of amides is 2. The second kappa shape index (κ2) is 6.24. The molecule has 1 N–H and O–H groups in total. The molecule has 2 amide bonds. The number of aromatic nitrogens is 1. The van der Waals surface area contributed by atoms with Crippen molar-refractivity contribution in [1.29, 1.82) is 0 Å². The molecule has 0 unspecified atom stereocenters. The van der Waals surface area contributed by atoms with Crippen LogP contribution in [0.3, 0.4) is 0 Å². The number of hydrogen-bond donors (Lipinski definition) is 1. The van der Waals surface area contributed by atoms with Crippen LogP contribution >= 0.6 is 0 Å². The Bertz CT molecular complexity index is 726. The zero-order valence-corrected chi connectivity index (χ0v) is 13.6. The average Bonchev–Trinajstić information content (AvgIpc) is 2.96. The summed E-state index contributed by atoms with van der Waals surface area (Å²) in [5.41, 5.74) is 3.35. The van der Waals surface area contributed by atoms with Gasteiger partial charge in [-0.25, -0.2) is 4.79 Å². The molecule has 4 rings (SSSR count). The molecule has 0 atom stereocenters. The van der Waals surface area contributed by atoms with Gasteiger partial charge in [0, 0.05) is 49.8 Å². The number of urea groups is 1. The number of nitrogens with one attached hydrogen (secondary N) is 1. The van der Waals surface area contributed by atoms with Gasteiger partial charge in [-0.1, -0.05) is 24.3 Å². The minimum Gasteiger partial charge on any atom is -0.381 e. The fourth-order valence-electron chi connectivity index (χ4n) is 3.78. The van der Waals surface area contributed by atoms with Crippen LogP contribution in [0, 0.1) is 0 Å². The van der Waals surface area contributed by atoms with Crippen molar-refractivity contribution in [3.05, 3.63) is 59.9 Å². The molecular weight excluding hydrogens is 302 g/mol. The van der Waals surface area contributed by atoms with Crippen LogP contribution < -0.4 is 10.2 Å². The van der Waals surface area contributed by atoms with Gasteiger partial charge in [0.05, 0.1) is 0 Å². The molecule has 1 fully saturated rings. The number of fused-ring (bicyclic) bond motifs is 2. The fourth-order valence-corrected chi connectivity index (χ4v) is 3.78. The zero-order chi connectivity index (χ0) is 16.4. The summed E-state index contributed by atoms with van der Waals surface area (Å²) in [6.07, 6.45) is 5.45. The Morgan fingerprint density at radius 1 is 1.21 bits per heavy atom. The number of nitrogens with zero attached hydrogens (tertiary/aromatic N) is 2. The minimum atomic E-state index is -0.0466. The van der Waals surface area contributed by atoms with Crippen molar-refractivity contribution in [3.63, 3.8) is 0 Å². The van der Waals surface area contributed by atoms with E-state index >= 15 is 0 Å². The first-order chi connectivity index (χ1) is 11.8. The summed E-state index contributed by atoms with van der Waals surface area (Å²) >= 11 is 0. The topological polar surface area (TPSA) is 54.5 Å². The largest absolute Gasteiger partial charge is 0.381 e. The number of para-hydroxylation sites is 1. The third-order valence-electron chi connectivity index (χ3n) is 5.09. The Morgan fingerprint density at radius 3 is 2.83 bits per heavy atom. The second-order valence-corrected chi connectivity index (χ2v) is 6.52. The lowest BCUT2D eigenvalue weighted by Gasteiger charge is -2.34. The standard InChI is InChI=1S/C19H21N3O2/c23-18(21-13-15-4-3-9-20-12-15)22-14-19(7-10-24-11-8-19)16-5-1-2-6-17(16)22/h1-6,9,12H,7-8,10-11,13-14H2,(H,21,23). The van der Waals surface area contributed by atoms with E-state index in [-0.39, 0.29) is 11.4 Å². The number of rotatable bonds is 2. The smallest absolute Gasteiger partial charge is 0.322 e. The van der Waals surface area contributed by atoms with Crippen LogP contribution in [0.1, 0.15) is 24.0 Å². The maximum Gasteiger partial charge on any atom is 0.322 e. The number of ether oxygens (including phenoxy) is 1. The van der Waals surface area contributed by atoms with Gasteiger partial charge in [0.1, 0.15) is 0 Å². The summed E-state index contributed by atoms with van der Waals surface area (Å²) in [5.74, 6) is 0. The monoisotopic (exact) mass is 323 g/mol. The molecule has 0 radical (unpaired) electrons. The van der Waals surface area contributed by atoms with Gasteiger partial charge < -0.3 is 10.1 Å². The van der Waals surface area contributed by atoms with Crippen LogP contribution in [0.2, 0.25) is 0 Å². The normalized spacial score (nSPS) is 18.4. The van der Waals surface area contributed by atoms with Gasteiger partial charge in [-0.2, -0.15) is 0 Å². The highest BCUT2D eigenvalue weighted by Crippen LogP contribution is 2.46. The van der Waals surface area contributed by atoms with Gasteiger partial charge in [-0.3, -0.25) is 9.88 Å². The van der Waals surface area contributed by atoms with Gasteiger partial charge >= 0.3 is 6.03 Å². The molecule has 1 saturated heterocycles. The Labute approximate surface area is 141 Å². The molecule has 1 aromatic carbocycles. The van der Waals surface area contributed by atoms with E-state index in [1.54, 1.807) is 12.4 Å². The molecule has 0 saturated carbocycles. The molecule has 5 heteroatoms. The second-order valence-electron chi connectivity index (χ2n) is 6.52. The Kier molecular flexibility index (Phi) is 3.94. The molecular formula is C19H21N3O2. The van der Waals surface area contributed by atoms with Crippen LogP contribution in [0.15, 0.2) is 48.8 Å². The lowest BCUT2D eigenvalue weighted by molar-refractivity contribution is 0.0556. The summed E-state index contributed by atoms with van der Waals surface area (Å²) < 4.78 is 5.55. The van der Waals surface area contributed by atoms with Gasteiger partial charge in [0.25, 0.3) is 0 Å². The molecule has 1 aromatic heterocycles. The molecule has 3 heterocycles. The third kappa shape index (κ3) is 2.65. The summed E-state index contributed by atoms with van der Waals surface area (Å²) in [6.45, 7) is 2.75. The van der Waals surface area contributed by atoms with Crippen molar-refractivity contribution in [2.75, 3.05) is 24.7 Å². The Balaban J connectivity index is 1.54. The maximum atomic E-state index is 12.8. The molecule has 24 heavy (non-hydrogen) atoms. The average molecular weight is 323 g/mol. The van der Waals surface area contributed by atoms with E-state index in [1.807, 2.05) is 29.2 Å². The SMILES string of the molecule is O=C(NCc1cccnc1)N1CC2(CCOCC2)c2ccccc21. The van der Waals surface area contributed by atoms with Gasteiger partial charge in [-0.15, -0.1) is 0 Å². The molecule has 124 valence electrons. The first-order valence-electron chi connectivity index (χ1n) is 8.40. The third-order valence-corrected chi connectivity index (χ3v) is 5.09. The van der Waals surface area contributed by atoms with E-state index in [0.29, 0.717) is 6.54 Å². The lowest BCUT2D eigenvalue weighted by Crippen LogP contribution is -2.44. The van der Waals surface area contributed by atoms with E-state index in [1.165, 1.54) is 5.56 Å². The van der Waals surface area contributed by atoms with Crippen molar-refractivity contribution in [2.45, 2.75) is 24.8 Å². The predicted octanol–water partition coefficient (Wildman–Crippen LogP) is 2.86.